The second-order valence-corrected chi connectivity index (χ2v) is 4.53. The predicted molar refractivity (Wildman–Crippen MR) is 54.2 cm³/mol. The van der Waals surface area contributed by atoms with Crippen LogP contribution in [-0.2, 0) is 0 Å². The summed E-state index contributed by atoms with van der Waals surface area (Å²) in [7, 11) is 0. The van der Waals surface area contributed by atoms with E-state index >= 15 is 0 Å². The average molecular weight is 180 g/mol. The SMILES string of the molecule is CCCNC1(C#N)CC(C(C)C)C1. The molecule has 1 fully saturated rings. The molecule has 74 valence electrons. The first-order valence-electron chi connectivity index (χ1n) is 5.30. The van der Waals surface area contributed by atoms with Crippen molar-refractivity contribution in [2.75, 3.05) is 6.54 Å². The van der Waals surface area contributed by atoms with Crippen LogP contribution in [0.5, 0.6) is 0 Å². The minimum absolute atomic E-state index is 0.176. The topological polar surface area (TPSA) is 35.8 Å². The monoisotopic (exact) mass is 180 g/mol. The molecule has 0 unspecified atom stereocenters. The van der Waals surface area contributed by atoms with Gasteiger partial charge in [0.05, 0.1) is 6.07 Å². The fourth-order valence-electron chi connectivity index (χ4n) is 1.95. The maximum absolute atomic E-state index is 9.05. The van der Waals surface area contributed by atoms with E-state index in [2.05, 4.69) is 32.2 Å². The molecule has 0 bridgehead atoms. The molecule has 0 spiro atoms. The summed E-state index contributed by atoms with van der Waals surface area (Å²) in [5, 5.41) is 12.4. The summed E-state index contributed by atoms with van der Waals surface area (Å²) in [6.07, 6.45) is 3.19. The standard InChI is InChI=1S/C11H20N2/c1-4-5-13-11(8-12)6-10(7-11)9(2)3/h9-10,13H,4-7H2,1-3H3. The fraction of sp³-hybridized carbons (Fsp3) is 0.909. The maximum Gasteiger partial charge on any atom is 0.107 e. The summed E-state index contributed by atoms with van der Waals surface area (Å²) in [6.45, 7) is 7.59. The van der Waals surface area contributed by atoms with Gasteiger partial charge in [-0.2, -0.15) is 5.26 Å². The van der Waals surface area contributed by atoms with Crippen molar-refractivity contribution < 1.29 is 0 Å². The Morgan fingerprint density at radius 1 is 1.54 bits per heavy atom. The zero-order valence-corrected chi connectivity index (χ0v) is 8.93. The van der Waals surface area contributed by atoms with Gasteiger partial charge in [0.2, 0.25) is 0 Å². The van der Waals surface area contributed by atoms with Gasteiger partial charge < -0.3 is 0 Å². The molecular formula is C11H20N2. The molecular weight excluding hydrogens is 160 g/mol. The number of nitriles is 1. The van der Waals surface area contributed by atoms with Gasteiger partial charge in [-0.1, -0.05) is 20.8 Å². The van der Waals surface area contributed by atoms with Crippen molar-refractivity contribution in [3.63, 3.8) is 0 Å². The van der Waals surface area contributed by atoms with E-state index in [0.717, 1.165) is 37.6 Å². The molecule has 1 rings (SSSR count). The summed E-state index contributed by atoms with van der Waals surface area (Å²) in [6, 6.07) is 2.42. The molecule has 0 heterocycles. The third-order valence-electron chi connectivity index (χ3n) is 3.09. The first-order chi connectivity index (χ1) is 6.13. The van der Waals surface area contributed by atoms with E-state index in [4.69, 9.17) is 5.26 Å². The second-order valence-electron chi connectivity index (χ2n) is 4.53. The molecule has 2 nitrogen and oxygen atoms in total. The van der Waals surface area contributed by atoms with Gasteiger partial charge in [-0.05, 0) is 37.6 Å². The van der Waals surface area contributed by atoms with E-state index in [1.54, 1.807) is 0 Å². The van der Waals surface area contributed by atoms with Crippen molar-refractivity contribution in [2.24, 2.45) is 11.8 Å². The Bertz CT molecular complexity index is 197. The van der Waals surface area contributed by atoms with Crippen molar-refractivity contribution in [1.82, 2.24) is 5.32 Å². The molecule has 0 aliphatic heterocycles. The van der Waals surface area contributed by atoms with Gasteiger partial charge in [-0.15, -0.1) is 0 Å². The Balaban J connectivity index is 2.37. The summed E-state index contributed by atoms with van der Waals surface area (Å²) >= 11 is 0. The van der Waals surface area contributed by atoms with Crippen LogP contribution in [0.3, 0.4) is 0 Å². The number of nitrogens with zero attached hydrogens (tertiary/aromatic N) is 1. The molecule has 0 aromatic carbocycles. The van der Waals surface area contributed by atoms with Crippen LogP contribution in [0.4, 0.5) is 0 Å². The van der Waals surface area contributed by atoms with Crippen molar-refractivity contribution in [2.45, 2.75) is 45.6 Å². The van der Waals surface area contributed by atoms with Crippen LogP contribution in [-0.4, -0.2) is 12.1 Å². The van der Waals surface area contributed by atoms with Crippen LogP contribution in [0.25, 0.3) is 0 Å². The van der Waals surface area contributed by atoms with E-state index in [0.29, 0.717) is 0 Å². The lowest BCUT2D eigenvalue weighted by Gasteiger charge is -2.45. The number of rotatable bonds is 4. The van der Waals surface area contributed by atoms with Crippen molar-refractivity contribution in [3.05, 3.63) is 0 Å². The Morgan fingerprint density at radius 2 is 2.15 bits per heavy atom. The smallest absolute Gasteiger partial charge is 0.107 e. The Hall–Kier alpha value is -0.550. The van der Waals surface area contributed by atoms with E-state index in [-0.39, 0.29) is 5.54 Å². The molecule has 2 heteroatoms. The van der Waals surface area contributed by atoms with Gasteiger partial charge >= 0.3 is 0 Å². The lowest BCUT2D eigenvalue weighted by atomic mass is 9.65. The summed E-state index contributed by atoms with van der Waals surface area (Å²) in [4.78, 5) is 0. The molecule has 0 aromatic rings. The van der Waals surface area contributed by atoms with Gasteiger partial charge in [-0.25, -0.2) is 0 Å². The largest absolute Gasteiger partial charge is 0.299 e. The minimum atomic E-state index is -0.176. The molecule has 1 N–H and O–H groups in total. The van der Waals surface area contributed by atoms with E-state index in [9.17, 15) is 0 Å². The average Bonchev–Trinajstić information content (AvgIpc) is 2.03. The van der Waals surface area contributed by atoms with E-state index in [1.165, 1.54) is 0 Å². The van der Waals surface area contributed by atoms with Crippen molar-refractivity contribution in [1.29, 1.82) is 5.26 Å². The molecule has 0 atom stereocenters. The highest BCUT2D eigenvalue weighted by Gasteiger charge is 2.44. The third kappa shape index (κ3) is 2.22. The molecule has 0 radical (unpaired) electrons. The van der Waals surface area contributed by atoms with Crippen LogP contribution < -0.4 is 5.32 Å². The minimum Gasteiger partial charge on any atom is -0.299 e. The van der Waals surface area contributed by atoms with Crippen LogP contribution in [0.2, 0.25) is 0 Å². The van der Waals surface area contributed by atoms with Gasteiger partial charge in [0.15, 0.2) is 0 Å². The fourth-order valence-corrected chi connectivity index (χ4v) is 1.95. The third-order valence-corrected chi connectivity index (χ3v) is 3.09. The number of hydrogen-bond acceptors (Lipinski definition) is 2. The van der Waals surface area contributed by atoms with Crippen molar-refractivity contribution in [3.8, 4) is 6.07 Å². The highest BCUT2D eigenvalue weighted by Crippen LogP contribution is 2.41. The lowest BCUT2D eigenvalue weighted by Crippen LogP contribution is -2.55. The zero-order valence-electron chi connectivity index (χ0n) is 8.93. The maximum atomic E-state index is 9.05. The van der Waals surface area contributed by atoms with Gasteiger partial charge in [0.1, 0.15) is 5.54 Å². The molecule has 1 saturated carbocycles. The summed E-state index contributed by atoms with van der Waals surface area (Å²) in [5.41, 5.74) is -0.176. The molecule has 1 aliphatic rings. The second kappa shape index (κ2) is 4.11. The molecule has 1 aliphatic carbocycles. The Labute approximate surface area is 81.3 Å². The molecule has 0 aromatic heterocycles. The highest BCUT2D eigenvalue weighted by molar-refractivity contribution is 5.15. The normalized spacial score (nSPS) is 32.7. The van der Waals surface area contributed by atoms with Crippen LogP contribution in [0.15, 0.2) is 0 Å². The predicted octanol–water partition coefficient (Wildman–Crippen LogP) is 2.31. The van der Waals surface area contributed by atoms with Crippen LogP contribution >= 0.6 is 0 Å². The Kier molecular flexibility index (Phi) is 3.33. The first kappa shape index (κ1) is 10.5. The van der Waals surface area contributed by atoms with Gasteiger partial charge in [-0.3, -0.25) is 5.32 Å². The quantitative estimate of drug-likeness (QED) is 0.720. The van der Waals surface area contributed by atoms with Gasteiger partial charge in [0, 0.05) is 0 Å². The molecule has 13 heavy (non-hydrogen) atoms. The highest BCUT2D eigenvalue weighted by atomic mass is 15.0. The Morgan fingerprint density at radius 3 is 2.54 bits per heavy atom. The summed E-state index contributed by atoms with van der Waals surface area (Å²) < 4.78 is 0. The number of hydrogen-bond donors (Lipinski definition) is 1. The zero-order chi connectivity index (χ0) is 9.90. The number of nitrogens with one attached hydrogen (secondary N) is 1. The molecule has 0 saturated heterocycles. The summed E-state index contributed by atoms with van der Waals surface area (Å²) in [5.74, 6) is 1.48. The van der Waals surface area contributed by atoms with E-state index in [1.807, 2.05) is 0 Å². The molecule has 0 amide bonds. The first-order valence-corrected chi connectivity index (χ1v) is 5.30. The van der Waals surface area contributed by atoms with Crippen LogP contribution in [0.1, 0.15) is 40.0 Å². The lowest BCUT2D eigenvalue weighted by molar-refractivity contribution is 0.116. The van der Waals surface area contributed by atoms with Crippen molar-refractivity contribution >= 4 is 0 Å². The van der Waals surface area contributed by atoms with Crippen LogP contribution in [0, 0.1) is 23.2 Å². The van der Waals surface area contributed by atoms with Gasteiger partial charge in [0.25, 0.3) is 0 Å². The van der Waals surface area contributed by atoms with E-state index < -0.39 is 0 Å².